The first-order valence-electron chi connectivity index (χ1n) is 12.0. The van der Waals surface area contributed by atoms with Crippen molar-refractivity contribution in [2.45, 2.75) is 19.7 Å². The lowest BCUT2D eigenvalue weighted by Crippen LogP contribution is -2.14. The molecule has 5 aromatic rings. The number of pyridine rings is 1. The molecular weight excluding hydrogens is 587 g/mol. The summed E-state index contributed by atoms with van der Waals surface area (Å²) in [7, 11) is 0. The van der Waals surface area contributed by atoms with Crippen LogP contribution in [0.25, 0.3) is 22.0 Å². The molecule has 40 heavy (non-hydrogen) atoms. The van der Waals surface area contributed by atoms with E-state index in [1.807, 2.05) is 43.3 Å². The molecule has 0 unspecified atom stereocenters. The molecule has 0 aliphatic carbocycles. The van der Waals surface area contributed by atoms with Crippen LogP contribution in [0.1, 0.15) is 27.0 Å². The summed E-state index contributed by atoms with van der Waals surface area (Å²) in [6.07, 6.45) is -1.97. The number of benzene rings is 3. The van der Waals surface area contributed by atoms with Crippen LogP contribution >= 0.6 is 15.9 Å². The van der Waals surface area contributed by atoms with Gasteiger partial charge in [0.05, 0.1) is 15.6 Å². The number of fused-ring (bicyclic) bond motifs is 1. The second kappa shape index (κ2) is 10.9. The van der Waals surface area contributed by atoms with Crippen LogP contribution in [0.2, 0.25) is 0 Å². The van der Waals surface area contributed by atoms with Gasteiger partial charge in [-0.15, -0.1) is 0 Å². The Kier molecular flexibility index (Phi) is 7.40. The molecule has 0 atom stereocenters. The number of halogens is 4. The SMILES string of the molecule is Cc1ccc(C(=O)Nc2cc(C(F)(F)F)ccn2)cc1-c1cc2cnc(N)nc2c(Br)c1OCc1ccccc1. The predicted octanol–water partition coefficient (Wildman–Crippen LogP) is 7.20. The molecule has 202 valence electrons. The first-order valence-corrected chi connectivity index (χ1v) is 12.8. The summed E-state index contributed by atoms with van der Waals surface area (Å²) >= 11 is 3.63. The Hall–Kier alpha value is -4.51. The third-order valence-corrected chi connectivity index (χ3v) is 6.87. The van der Waals surface area contributed by atoms with Gasteiger partial charge in [0.15, 0.2) is 0 Å². The number of anilines is 2. The summed E-state index contributed by atoms with van der Waals surface area (Å²) in [5.74, 6) is -0.240. The number of nitrogens with zero attached hydrogens (tertiary/aromatic N) is 3. The van der Waals surface area contributed by atoms with Crippen LogP contribution in [0, 0.1) is 6.92 Å². The molecule has 0 spiro atoms. The van der Waals surface area contributed by atoms with Crippen LogP contribution in [0.5, 0.6) is 5.75 Å². The molecule has 0 radical (unpaired) electrons. The summed E-state index contributed by atoms with van der Waals surface area (Å²) in [5.41, 5.74) is 8.82. The molecule has 5 rings (SSSR count). The van der Waals surface area contributed by atoms with Crippen molar-refractivity contribution in [3.05, 3.63) is 106 Å². The standard InChI is InChI=1S/C29H21BrF3N5O2/c1-16-7-8-18(27(39)37-23-13-20(9-10-35-23)29(31,32)33)11-21(16)22-12-19-14-36-28(34)38-25(19)24(30)26(22)40-15-17-5-3-2-4-6-17/h2-14H,15H2,1H3,(H2,34,36,38)(H,35,37,39). The highest BCUT2D eigenvalue weighted by atomic mass is 79.9. The van der Waals surface area contributed by atoms with Crippen molar-refractivity contribution in [3.63, 3.8) is 0 Å². The van der Waals surface area contributed by atoms with Gasteiger partial charge >= 0.3 is 6.18 Å². The number of ether oxygens (including phenoxy) is 1. The third-order valence-electron chi connectivity index (χ3n) is 6.13. The number of hydrogen-bond acceptors (Lipinski definition) is 6. The molecular formula is C29H21BrF3N5O2. The van der Waals surface area contributed by atoms with Gasteiger partial charge in [-0.05, 0) is 69.9 Å². The number of rotatable bonds is 6. The Bertz CT molecular complexity index is 1730. The van der Waals surface area contributed by atoms with E-state index in [0.29, 0.717) is 32.3 Å². The first kappa shape index (κ1) is 27.1. The molecule has 0 aliphatic heterocycles. The Labute approximate surface area is 235 Å². The zero-order valence-electron chi connectivity index (χ0n) is 21.0. The summed E-state index contributed by atoms with van der Waals surface area (Å²) < 4.78 is 46.2. The molecule has 0 saturated carbocycles. The number of hydrogen-bond donors (Lipinski definition) is 2. The predicted molar refractivity (Wildman–Crippen MR) is 150 cm³/mol. The van der Waals surface area contributed by atoms with Gasteiger partial charge < -0.3 is 15.8 Å². The maximum Gasteiger partial charge on any atom is 0.416 e. The van der Waals surface area contributed by atoms with Gasteiger partial charge in [0.1, 0.15) is 18.2 Å². The van der Waals surface area contributed by atoms with Crippen LogP contribution in [0.3, 0.4) is 0 Å². The van der Waals surface area contributed by atoms with E-state index < -0.39 is 17.6 Å². The number of nitrogens with two attached hydrogens (primary N) is 1. The smallest absolute Gasteiger partial charge is 0.416 e. The second-order valence-corrected chi connectivity index (χ2v) is 9.71. The fourth-order valence-electron chi connectivity index (χ4n) is 4.12. The van der Waals surface area contributed by atoms with E-state index in [0.717, 1.165) is 29.5 Å². The van der Waals surface area contributed by atoms with Gasteiger partial charge in [-0.3, -0.25) is 4.79 Å². The minimum Gasteiger partial charge on any atom is -0.487 e. The average Bonchev–Trinajstić information content (AvgIpc) is 2.93. The van der Waals surface area contributed by atoms with Crippen molar-refractivity contribution in [1.29, 1.82) is 0 Å². The lowest BCUT2D eigenvalue weighted by atomic mass is 9.96. The first-order chi connectivity index (χ1) is 19.1. The van der Waals surface area contributed by atoms with Crippen LogP contribution in [-0.2, 0) is 12.8 Å². The number of alkyl halides is 3. The average molecular weight is 608 g/mol. The maximum atomic E-state index is 13.1. The highest BCUT2D eigenvalue weighted by Gasteiger charge is 2.31. The molecule has 0 saturated heterocycles. The van der Waals surface area contributed by atoms with Gasteiger partial charge in [-0.2, -0.15) is 13.2 Å². The van der Waals surface area contributed by atoms with E-state index in [2.05, 4.69) is 36.2 Å². The van der Waals surface area contributed by atoms with E-state index in [4.69, 9.17) is 10.5 Å². The summed E-state index contributed by atoms with van der Waals surface area (Å²) in [6, 6.07) is 18.1. The van der Waals surface area contributed by atoms with E-state index in [-0.39, 0.29) is 23.9 Å². The van der Waals surface area contributed by atoms with E-state index in [1.165, 1.54) is 0 Å². The zero-order chi connectivity index (χ0) is 28.4. The van der Waals surface area contributed by atoms with E-state index in [9.17, 15) is 18.0 Å². The fourth-order valence-corrected chi connectivity index (χ4v) is 4.77. The molecule has 7 nitrogen and oxygen atoms in total. The van der Waals surface area contributed by atoms with Crippen molar-refractivity contribution in [2.24, 2.45) is 0 Å². The lowest BCUT2D eigenvalue weighted by molar-refractivity contribution is -0.137. The minimum atomic E-state index is -4.56. The number of amides is 1. The summed E-state index contributed by atoms with van der Waals surface area (Å²) in [6.45, 7) is 2.14. The number of carbonyl (C=O) groups excluding carboxylic acids is 1. The number of nitrogen functional groups attached to an aromatic ring is 1. The van der Waals surface area contributed by atoms with E-state index >= 15 is 0 Å². The minimum absolute atomic E-state index is 0.105. The molecule has 0 bridgehead atoms. The van der Waals surface area contributed by atoms with Gasteiger partial charge in [0.2, 0.25) is 5.95 Å². The van der Waals surface area contributed by atoms with Crippen molar-refractivity contribution in [3.8, 4) is 16.9 Å². The Morgan fingerprint density at radius 1 is 1.02 bits per heavy atom. The molecule has 11 heteroatoms. The topological polar surface area (TPSA) is 103 Å². The number of carbonyl (C=O) groups is 1. The molecule has 0 fully saturated rings. The lowest BCUT2D eigenvalue weighted by Gasteiger charge is -2.18. The Morgan fingerprint density at radius 3 is 2.55 bits per heavy atom. The van der Waals surface area contributed by atoms with Crippen molar-refractivity contribution >= 4 is 44.5 Å². The quantitative estimate of drug-likeness (QED) is 0.212. The number of aromatic nitrogens is 3. The van der Waals surface area contributed by atoms with Gasteiger partial charge in [0.25, 0.3) is 5.91 Å². The Morgan fingerprint density at radius 2 is 1.80 bits per heavy atom. The van der Waals surface area contributed by atoms with Crippen molar-refractivity contribution < 1.29 is 22.7 Å². The normalized spacial score (nSPS) is 11.4. The Balaban J connectivity index is 1.56. The van der Waals surface area contributed by atoms with Crippen LogP contribution in [0.4, 0.5) is 24.9 Å². The van der Waals surface area contributed by atoms with Crippen molar-refractivity contribution in [1.82, 2.24) is 15.0 Å². The van der Waals surface area contributed by atoms with Gasteiger partial charge in [0, 0.05) is 28.9 Å². The van der Waals surface area contributed by atoms with Crippen molar-refractivity contribution in [2.75, 3.05) is 11.1 Å². The highest BCUT2D eigenvalue weighted by Crippen LogP contribution is 2.43. The van der Waals surface area contributed by atoms with Gasteiger partial charge in [-0.25, -0.2) is 15.0 Å². The maximum absolute atomic E-state index is 13.1. The molecule has 3 aromatic carbocycles. The summed E-state index contributed by atoms with van der Waals surface area (Å²) in [4.78, 5) is 25.4. The fraction of sp³-hybridized carbons (Fsp3) is 0.103. The number of nitrogens with one attached hydrogen (secondary N) is 1. The molecule has 2 aromatic heterocycles. The van der Waals surface area contributed by atoms with Gasteiger partial charge in [-0.1, -0.05) is 36.4 Å². The zero-order valence-corrected chi connectivity index (χ0v) is 22.5. The van der Waals surface area contributed by atoms with E-state index in [1.54, 1.807) is 24.4 Å². The largest absolute Gasteiger partial charge is 0.487 e. The highest BCUT2D eigenvalue weighted by molar-refractivity contribution is 9.10. The molecule has 0 aliphatic rings. The molecule has 2 heterocycles. The summed E-state index contributed by atoms with van der Waals surface area (Å²) in [5, 5.41) is 3.14. The van der Waals surface area contributed by atoms with Crippen LogP contribution in [0.15, 0.2) is 83.6 Å². The molecule has 1 amide bonds. The van der Waals surface area contributed by atoms with Crippen LogP contribution in [-0.4, -0.2) is 20.9 Å². The van der Waals surface area contributed by atoms with Crippen LogP contribution < -0.4 is 15.8 Å². The monoisotopic (exact) mass is 607 g/mol. The second-order valence-electron chi connectivity index (χ2n) is 8.92. The third kappa shape index (κ3) is 5.74. The number of aryl methyl sites for hydroxylation is 1. The molecule has 3 N–H and O–H groups in total.